The van der Waals surface area contributed by atoms with Crippen molar-refractivity contribution >= 4 is 33.0 Å². The summed E-state index contributed by atoms with van der Waals surface area (Å²) in [6, 6.07) is 13.3. The van der Waals surface area contributed by atoms with Crippen molar-refractivity contribution in [3.8, 4) is 0 Å². The maximum Gasteiger partial charge on any atom is 0.309 e. The number of nitrogens with one attached hydrogen (secondary N) is 2. The predicted octanol–water partition coefficient (Wildman–Crippen LogP) is 2.60. The van der Waals surface area contributed by atoms with Gasteiger partial charge in [0.15, 0.2) is 9.84 Å². The van der Waals surface area contributed by atoms with Gasteiger partial charge in [-0.3, -0.25) is 9.59 Å². The number of thiophene rings is 1. The molecule has 29 heavy (non-hydrogen) atoms. The summed E-state index contributed by atoms with van der Waals surface area (Å²) in [6.45, 7) is 1.72. The first-order chi connectivity index (χ1) is 13.9. The molecule has 1 aromatic carbocycles. The standard InChI is InChI=1S/C20H20N2O5S2/c1-14-6-8-16(9-7-14)29(25,26)18(17-5-3-11-28-17)13-22-20(24)19(23)21-12-15-4-2-10-27-15/h2-11,18H,12-13H2,1H3,(H,21,23)(H,22,24)/t18-/m0/s1. The van der Waals surface area contributed by atoms with E-state index >= 15 is 0 Å². The van der Waals surface area contributed by atoms with E-state index in [1.54, 1.807) is 53.9 Å². The van der Waals surface area contributed by atoms with Gasteiger partial charge in [-0.1, -0.05) is 23.8 Å². The van der Waals surface area contributed by atoms with E-state index in [1.165, 1.54) is 17.6 Å². The third-order valence-electron chi connectivity index (χ3n) is 4.24. The van der Waals surface area contributed by atoms with E-state index in [-0.39, 0.29) is 18.0 Å². The summed E-state index contributed by atoms with van der Waals surface area (Å²) < 4.78 is 31.4. The average Bonchev–Trinajstić information content (AvgIpc) is 3.40. The molecule has 0 fully saturated rings. The molecule has 2 amide bonds. The maximum atomic E-state index is 13.1. The van der Waals surface area contributed by atoms with Crippen molar-refractivity contribution in [3.05, 3.63) is 76.4 Å². The van der Waals surface area contributed by atoms with Crippen molar-refractivity contribution in [2.45, 2.75) is 23.6 Å². The Morgan fingerprint density at radius 2 is 1.76 bits per heavy atom. The Bertz CT molecular complexity index is 1060. The van der Waals surface area contributed by atoms with E-state index in [0.717, 1.165) is 5.56 Å². The van der Waals surface area contributed by atoms with Crippen molar-refractivity contribution in [3.63, 3.8) is 0 Å². The molecule has 2 aromatic heterocycles. The number of furan rings is 1. The molecule has 2 N–H and O–H groups in total. The lowest BCUT2D eigenvalue weighted by Crippen LogP contribution is -2.41. The van der Waals surface area contributed by atoms with Gasteiger partial charge in [0.2, 0.25) is 0 Å². The first-order valence-electron chi connectivity index (χ1n) is 8.80. The van der Waals surface area contributed by atoms with Crippen LogP contribution in [0.25, 0.3) is 0 Å². The van der Waals surface area contributed by atoms with Crippen LogP contribution < -0.4 is 10.6 Å². The van der Waals surface area contributed by atoms with Gasteiger partial charge in [0.05, 0.1) is 17.7 Å². The molecule has 0 saturated heterocycles. The molecule has 9 heteroatoms. The second kappa shape index (κ2) is 9.06. The fraction of sp³-hybridized carbons (Fsp3) is 0.200. The lowest BCUT2D eigenvalue weighted by molar-refractivity contribution is -0.139. The van der Waals surface area contributed by atoms with Gasteiger partial charge in [-0.05, 0) is 42.6 Å². The molecular weight excluding hydrogens is 412 g/mol. The number of hydrogen-bond acceptors (Lipinski definition) is 6. The largest absolute Gasteiger partial charge is 0.467 e. The van der Waals surface area contributed by atoms with Gasteiger partial charge >= 0.3 is 11.8 Å². The zero-order valence-electron chi connectivity index (χ0n) is 15.6. The van der Waals surface area contributed by atoms with E-state index in [2.05, 4.69) is 10.6 Å². The fourth-order valence-corrected chi connectivity index (χ4v) is 5.44. The molecule has 0 bridgehead atoms. The molecule has 7 nitrogen and oxygen atoms in total. The van der Waals surface area contributed by atoms with E-state index in [1.807, 2.05) is 6.92 Å². The van der Waals surface area contributed by atoms with Crippen LogP contribution >= 0.6 is 11.3 Å². The van der Waals surface area contributed by atoms with Gasteiger partial charge < -0.3 is 15.1 Å². The van der Waals surface area contributed by atoms with Crippen LogP contribution in [-0.2, 0) is 26.0 Å². The van der Waals surface area contributed by atoms with Crippen LogP contribution in [0.3, 0.4) is 0 Å². The number of carbonyl (C=O) groups excluding carboxylic acids is 2. The molecule has 0 unspecified atom stereocenters. The first-order valence-corrected chi connectivity index (χ1v) is 11.2. The Morgan fingerprint density at radius 3 is 2.38 bits per heavy atom. The lowest BCUT2D eigenvalue weighted by Gasteiger charge is -2.17. The molecular formula is C20H20N2O5S2. The predicted molar refractivity (Wildman–Crippen MR) is 109 cm³/mol. The van der Waals surface area contributed by atoms with Gasteiger partial charge in [-0.2, -0.15) is 0 Å². The lowest BCUT2D eigenvalue weighted by atomic mass is 10.2. The van der Waals surface area contributed by atoms with Crippen LogP contribution in [0.5, 0.6) is 0 Å². The minimum absolute atomic E-state index is 0.0648. The van der Waals surface area contributed by atoms with Crippen LogP contribution in [0.4, 0.5) is 0 Å². The van der Waals surface area contributed by atoms with Gasteiger partial charge in [0.1, 0.15) is 11.0 Å². The van der Waals surface area contributed by atoms with Crippen molar-refractivity contribution < 1.29 is 22.4 Å². The molecule has 0 aliphatic carbocycles. The molecule has 0 spiro atoms. The van der Waals surface area contributed by atoms with Crippen LogP contribution in [0, 0.1) is 6.92 Å². The normalized spacial score (nSPS) is 12.3. The Hall–Kier alpha value is -2.91. The number of sulfone groups is 1. The van der Waals surface area contributed by atoms with Crippen LogP contribution in [0.2, 0.25) is 0 Å². The third kappa shape index (κ3) is 5.12. The number of benzene rings is 1. The summed E-state index contributed by atoms with van der Waals surface area (Å²) in [5.74, 6) is -1.26. The highest BCUT2D eigenvalue weighted by Gasteiger charge is 2.31. The minimum Gasteiger partial charge on any atom is -0.467 e. The monoisotopic (exact) mass is 432 g/mol. The van der Waals surface area contributed by atoms with Gasteiger partial charge in [-0.15, -0.1) is 11.3 Å². The molecule has 0 saturated carbocycles. The molecule has 1 atom stereocenters. The summed E-state index contributed by atoms with van der Waals surface area (Å²) in [5.41, 5.74) is 0.943. The summed E-state index contributed by atoms with van der Waals surface area (Å²) in [4.78, 5) is 24.9. The van der Waals surface area contributed by atoms with Crippen molar-refractivity contribution in [1.82, 2.24) is 10.6 Å². The van der Waals surface area contributed by atoms with Crippen LogP contribution in [0.1, 0.15) is 21.5 Å². The maximum absolute atomic E-state index is 13.1. The van der Waals surface area contributed by atoms with Crippen LogP contribution in [0.15, 0.2) is 69.5 Å². The fourth-order valence-electron chi connectivity index (χ4n) is 2.66. The summed E-state index contributed by atoms with van der Waals surface area (Å²) in [5, 5.41) is 5.64. The van der Waals surface area contributed by atoms with Crippen molar-refractivity contribution in [2.75, 3.05) is 6.54 Å². The third-order valence-corrected chi connectivity index (χ3v) is 7.48. The van der Waals surface area contributed by atoms with E-state index in [0.29, 0.717) is 10.6 Å². The average molecular weight is 433 g/mol. The van der Waals surface area contributed by atoms with Crippen molar-refractivity contribution in [2.24, 2.45) is 0 Å². The summed E-state index contributed by atoms with van der Waals surface area (Å²) in [7, 11) is -3.76. The number of hydrogen-bond donors (Lipinski definition) is 2. The molecule has 3 rings (SSSR count). The van der Waals surface area contributed by atoms with Gasteiger partial charge in [-0.25, -0.2) is 8.42 Å². The first kappa shape index (κ1) is 20.8. The second-order valence-corrected chi connectivity index (χ2v) is 9.44. The zero-order valence-corrected chi connectivity index (χ0v) is 17.3. The quantitative estimate of drug-likeness (QED) is 0.558. The second-order valence-electron chi connectivity index (χ2n) is 6.33. The summed E-state index contributed by atoms with van der Waals surface area (Å²) in [6.07, 6.45) is 1.46. The summed E-state index contributed by atoms with van der Waals surface area (Å²) >= 11 is 1.28. The number of amides is 2. The molecule has 152 valence electrons. The highest BCUT2D eigenvalue weighted by atomic mass is 32.2. The number of rotatable bonds is 7. The van der Waals surface area contributed by atoms with Gasteiger partial charge in [0, 0.05) is 11.4 Å². The number of carbonyl (C=O) groups is 2. The molecule has 0 aliphatic rings. The molecule has 2 heterocycles. The van der Waals surface area contributed by atoms with Crippen LogP contribution in [-0.4, -0.2) is 26.8 Å². The number of aryl methyl sites for hydroxylation is 1. The highest BCUT2D eigenvalue weighted by molar-refractivity contribution is 7.91. The molecule has 0 radical (unpaired) electrons. The Labute approximate surface area is 172 Å². The topological polar surface area (TPSA) is 105 Å². The highest BCUT2D eigenvalue weighted by Crippen LogP contribution is 2.31. The molecule has 3 aromatic rings. The Balaban J connectivity index is 1.70. The Kier molecular flexibility index (Phi) is 6.50. The molecule has 0 aliphatic heterocycles. The Morgan fingerprint density at radius 1 is 1.03 bits per heavy atom. The smallest absolute Gasteiger partial charge is 0.309 e. The zero-order chi connectivity index (χ0) is 20.9. The van der Waals surface area contributed by atoms with E-state index in [4.69, 9.17) is 4.42 Å². The van der Waals surface area contributed by atoms with E-state index in [9.17, 15) is 18.0 Å². The van der Waals surface area contributed by atoms with Gasteiger partial charge in [0.25, 0.3) is 0 Å². The SMILES string of the molecule is Cc1ccc(S(=O)(=O)[C@@H](CNC(=O)C(=O)NCc2ccco2)c2cccs2)cc1. The van der Waals surface area contributed by atoms with Crippen molar-refractivity contribution in [1.29, 1.82) is 0 Å². The minimum atomic E-state index is -3.76. The van der Waals surface area contributed by atoms with E-state index < -0.39 is 26.9 Å².